The molecule has 8 heteroatoms. The first-order chi connectivity index (χ1) is 9.95. The average Bonchev–Trinajstić information content (AvgIpc) is 2.80. The van der Waals surface area contributed by atoms with E-state index in [1.165, 1.54) is 0 Å². The summed E-state index contributed by atoms with van der Waals surface area (Å²) in [5, 5.41) is 4.37. The second-order valence-corrected chi connectivity index (χ2v) is 7.05. The average molecular weight is 339 g/mol. The van der Waals surface area contributed by atoms with Gasteiger partial charge in [-0.05, 0) is 19.3 Å². The zero-order chi connectivity index (χ0) is 15.9. The first-order valence-electron chi connectivity index (χ1n) is 7.05. The molecule has 1 rings (SSSR count). The summed E-state index contributed by atoms with van der Waals surface area (Å²) >= 11 is 0. The van der Waals surface area contributed by atoms with E-state index in [9.17, 15) is 8.42 Å². The van der Waals surface area contributed by atoms with E-state index in [1.54, 1.807) is 11.8 Å². The summed E-state index contributed by atoms with van der Waals surface area (Å²) in [5.74, 6) is 0. The van der Waals surface area contributed by atoms with Crippen LogP contribution in [0.4, 0.5) is 0 Å². The Morgan fingerprint density at radius 1 is 1.19 bits per heavy atom. The molecule has 0 saturated carbocycles. The molecule has 122 valence electrons. The molecule has 6 nitrogen and oxygen atoms in total. The third kappa shape index (κ3) is 5.25. The minimum Gasteiger partial charge on any atom is -0.382 e. The number of hydrogen-bond donors (Lipinski definition) is 0. The van der Waals surface area contributed by atoms with Gasteiger partial charge in [0.05, 0.1) is 24.6 Å². The van der Waals surface area contributed by atoms with Gasteiger partial charge in [-0.2, -0.15) is 5.10 Å². The molecule has 0 bridgehead atoms. The highest BCUT2D eigenvalue weighted by molar-refractivity contribution is 8.13. The lowest BCUT2D eigenvalue weighted by molar-refractivity contribution is 0.0676. The minimum absolute atomic E-state index is 0.175. The predicted molar refractivity (Wildman–Crippen MR) is 81.3 cm³/mol. The Kier molecular flexibility index (Phi) is 7.65. The topological polar surface area (TPSA) is 70.4 Å². The van der Waals surface area contributed by atoms with Crippen LogP contribution in [0.5, 0.6) is 0 Å². The lowest BCUT2D eigenvalue weighted by Gasteiger charge is -2.07. The SMILES string of the molecule is CCc1nn(CCCOCCOC)c(CC)c1S(=O)(=O)Cl. The summed E-state index contributed by atoms with van der Waals surface area (Å²) in [7, 11) is 3.40. The summed E-state index contributed by atoms with van der Waals surface area (Å²) < 4.78 is 35.5. The van der Waals surface area contributed by atoms with E-state index in [-0.39, 0.29) is 4.90 Å². The second kappa shape index (κ2) is 8.73. The fourth-order valence-corrected chi connectivity index (χ4v) is 3.67. The van der Waals surface area contributed by atoms with Gasteiger partial charge in [0, 0.05) is 30.9 Å². The van der Waals surface area contributed by atoms with Crippen molar-refractivity contribution in [2.75, 3.05) is 26.9 Å². The van der Waals surface area contributed by atoms with Crippen LogP contribution in [0.2, 0.25) is 0 Å². The maximum atomic E-state index is 11.7. The zero-order valence-electron chi connectivity index (χ0n) is 12.8. The highest BCUT2D eigenvalue weighted by Crippen LogP contribution is 2.25. The molecular weight excluding hydrogens is 316 g/mol. The molecule has 0 radical (unpaired) electrons. The molecule has 0 aliphatic rings. The fourth-order valence-electron chi connectivity index (χ4n) is 2.14. The van der Waals surface area contributed by atoms with Gasteiger partial charge < -0.3 is 9.47 Å². The summed E-state index contributed by atoms with van der Waals surface area (Å²) in [5.41, 5.74) is 1.20. The molecular formula is C13H23ClN2O4S. The van der Waals surface area contributed by atoms with Crippen molar-refractivity contribution >= 4 is 19.7 Å². The third-order valence-corrected chi connectivity index (χ3v) is 4.50. The Morgan fingerprint density at radius 2 is 1.90 bits per heavy atom. The number of aromatic nitrogens is 2. The van der Waals surface area contributed by atoms with E-state index in [0.29, 0.717) is 50.6 Å². The molecule has 0 unspecified atom stereocenters. The van der Waals surface area contributed by atoms with E-state index in [4.69, 9.17) is 20.2 Å². The number of rotatable bonds is 10. The van der Waals surface area contributed by atoms with Crippen LogP contribution in [0.3, 0.4) is 0 Å². The highest BCUT2D eigenvalue weighted by Gasteiger charge is 2.25. The molecule has 0 spiro atoms. The minimum atomic E-state index is -3.77. The molecule has 21 heavy (non-hydrogen) atoms. The Morgan fingerprint density at radius 3 is 2.43 bits per heavy atom. The number of aryl methyl sites for hydroxylation is 2. The van der Waals surface area contributed by atoms with Crippen molar-refractivity contribution in [3.05, 3.63) is 11.4 Å². The van der Waals surface area contributed by atoms with Crippen molar-refractivity contribution in [2.24, 2.45) is 0 Å². The second-order valence-electron chi connectivity index (χ2n) is 4.55. The van der Waals surface area contributed by atoms with Crippen LogP contribution in [0.15, 0.2) is 4.90 Å². The largest absolute Gasteiger partial charge is 0.382 e. The van der Waals surface area contributed by atoms with Gasteiger partial charge in [0.15, 0.2) is 0 Å². The van der Waals surface area contributed by atoms with Crippen LogP contribution in [-0.4, -0.2) is 45.1 Å². The highest BCUT2D eigenvalue weighted by atomic mass is 35.7. The number of ether oxygens (including phenoxy) is 2. The van der Waals surface area contributed by atoms with Crippen molar-refractivity contribution in [3.8, 4) is 0 Å². The van der Waals surface area contributed by atoms with Crippen LogP contribution in [-0.2, 0) is 37.9 Å². The zero-order valence-corrected chi connectivity index (χ0v) is 14.3. The smallest absolute Gasteiger partial charge is 0.264 e. The van der Waals surface area contributed by atoms with Crippen LogP contribution < -0.4 is 0 Å². The summed E-state index contributed by atoms with van der Waals surface area (Å²) in [6.07, 6.45) is 1.85. The molecule has 0 N–H and O–H groups in total. The van der Waals surface area contributed by atoms with Gasteiger partial charge >= 0.3 is 0 Å². The van der Waals surface area contributed by atoms with Crippen molar-refractivity contribution in [1.82, 2.24) is 9.78 Å². The molecule has 0 saturated heterocycles. The summed E-state index contributed by atoms with van der Waals surface area (Å²) in [6, 6.07) is 0. The Balaban J connectivity index is 2.77. The molecule has 0 amide bonds. The van der Waals surface area contributed by atoms with Crippen molar-refractivity contribution < 1.29 is 17.9 Å². The number of methoxy groups -OCH3 is 1. The van der Waals surface area contributed by atoms with Gasteiger partial charge in [-0.1, -0.05) is 13.8 Å². The van der Waals surface area contributed by atoms with E-state index >= 15 is 0 Å². The molecule has 0 aliphatic heterocycles. The van der Waals surface area contributed by atoms with Crippen molar-refractivity contribution in [1.29, 1.82) is 0 Å². The Labute approximate surface area is 130 Å². The van der Waals surface area contributed by atoms with E-state index in [1.807, 2.05) is 13.8 Å². The fraction of sp³-hybridized carbons (Fsp3) is 0.769. The van der Waals surface area contributed by atoms with Crippen molar-refractivity contribution in [3.63, 3.8) is 0 Å². The van der Waals surface area contributed by atoms with E-state index in [0.717, 1.165) is 6.42 Å². The van der Waals surface area contributed by atoms with Gasteiger partial charge in [-0.15, -0.1) is 0 Å². The van der Waals surface area contributed by atoms with Crippen LogP contribution in [0.1, 0.15) is 31.7 Å². The number of nitrogens with zero attached hydrogens (tertiary/aromatic N) is 2. The van der Waals surface area contributed by atoms with Crippen LogP contribution in [0, 0.1) is 0 Å². The standard InChI is InChI=1S/C13H23ClN2O4S/c1-4-11-13(21(14,17)18)12(5-2)16(15-11)7-6-8-20-10-9-19-3/h4-10H2,1-3H3. The van der Waals surface area contributed by atoms with Crippen LogP contribution in [0.25, 0.3) is 0 Å². The summed E-state index contributed by atoms with van der Waals surface area (Å²) in [4.78, 5) is 0.175. The molecule has 0 atom stereocenters. The van der Waals surface area contributed by atoms with Crippen molar-refractivity contribution in [2.45, 2.75) is 44.6 Å². The lowest BCUT2D eigenvalue weighted by atomic mass is 10.2. The van der Waals surface area contributed by atoms with Gasteiger partial charge in [0.25, 0.3) is 9.05 Å². The normalized spacial score (nSPS) is 12.0. The quantitative estimate of drug-likeness (QED) is 0.482. The van der Waals surface area contributed by atoms with E-state index in [2.05, 4.69) is 5.10 Å². The van der Waals surface area contributed by atoms with E-state index < -0.39 is 9.05 Å². The Hall–Kier alpha value is -0.630. The van der Waals surface area contributed by atoms with Gasteiger partial charge in [-0.3, -0.25) is 4.68 Å². The Bertz CT molecular complexity index is 543. The predicted octanol–water partition coefficient (Wildman–Crippen LogP) is 1.99. The maximum absolute atomic E-state index is 11.7. The third-order valence-electron chi connectivity index (χ3n) is 3.08. The number of halogens is 1. The molecule has 1 aromatic heterocycles. The van der Waals surface area contributed by atoms with Gasteiger partial charge in [0.2, 0.25) is 0 Å². The first kappa shape index (κ1) is 18.4. The van der Waals surface area contributed by atoms with Crippen LogP contribution >= 0.6 is 10.7 Å². The molecule has 0 aromatic carbocycles. The van der Waals surface area contributed by atoms with Gasteiger partial charge in [-0.25, -0.2) is 8.42 Å². The monoisotopic (exact) mass is 338 g/mol. The number of hydrogen-bond acceptors (Lipinski definition) is 5. The molecule has 0 aliphatic carbocycles. The maximum Gasteiger partial charge on any atom is 0.264 e. The van der Waals surface area contributed by atoms with Gasteiger partial charge in [0.1, 0.15) is 4.90 Å². The lowest BCUT2D eigenvalue weighted by Crippen LogP contribution is -2.10. The first-order valence-corrected chi connectivity index (χ1v) is 9.36. The molecule has 1 heterocycles. The molecule has 1 aromatic rings. The summed E-state index contributed by atoms with van der Waals surface area (Å²) in [6.45, 7) is 6.07. The molecule has 0 fully saturated rings.